The van der Waals surface area contributed by atoms with E-state index in [1.165, 1.54) is 4.31 Å². The summed E-state index contributed by atoms with van der Waals surface area (Å²) >= 11 is 0. The second kappa shape index (κ2) is 5.79. The molecule has 1 unspecified atom stereocenters. The fourth-order valence-corrected chi connectivity index (χ4v) is 3.76. The summed E-state index contributed by atoms with van der Waals surface area (Å²) in [5, 5.41) is -0.678. The zero-order valence-corrected chi connectivity index (χ0v) is 10.9. The summed E-state index contributed by atoms with van der Waals surface area (Å²) in [6.07, 6.45) is 3.58. The lowest BCUT2D eigenvalue weighted by Gasteiger charge is -2.29. The van der Waals surface area contributed by atoms with Gasteiger partial charge in [0.25, 0.3) is 0 Å². The molecule has 100 valence electrons. The van der Waals surface area contributed by atoms with Crippen molar-refractivity contribution in [3.05, 3.63) is 0 Å². The molecule has 1 amide bonds. The highest BCUT2D eigenvalue weighted by Gasteiger charge is 2.35. The molecule has 0 aliphatic heterocycles. The first-order valence-electron chi connectivity index (χ1n) is 5.88. The lowest BCUT2D eigenvalue weighted by Crippen LogP contribution is -2.48. The molecule has 0 spiro atoms. The maximum Gasteiger partial charge on any atom is 0.232 e. The molecule has 0 aromatic carbocycles. The quantitative estimate of drug-likeness (QED) is 0.667. The summed E-state index contributed by atoms with van der Waals surface area (Å²) in [4.78, 5) is 11.0. The van der Waals surface area contributed by atoms with Gasteiger partial charge in [0.15, 0.2) is 0 Å². The summed E-state index contributed by atoms with van der Waals surface area (Å²) < 4.78 is 25.7. The average Bonchev–Trinajstić information content (AvgIpc) is 2.77. The first-order valence-corrected chi connectivity index (χ1v) is 7.39. The number of hydrogen-bond donors (Lipinski definition) is 2. The molecule has 1 fully saturated rings. The molecule has 17 heavy (non-hydrogen) atoms. The molecular formula is C10H21N3O3S. The fraction of sp³-hybridized carbons (Fsp3) is 0.900. The minimum Gasteiger partial charge on any atom is -0.369 e. The third-order valence-electron chi connectivity index (χ3n) is 3.21. The number of carbonyl (C=O) groups is 1. The molecule has 0 saturated heterocycles. The Kier molecular flexibility index (Phi) is 4.91. The largest absolute Gasteiger partial charge is 0.369 e. The molecule has 0 bridgehead atoms. The lowest BCUT2D eigenvalue weighted by atomic mass is 10.2. The molecule has 7 heteroatoms. The Hall–Kier alpha value is -0.660. The number of hydrogen-bond acceptors (Lipinski definition) is 4. The van der Waals surface area contributed by atoms with Crippen LogP contribution in [0.2, 0.25) is 0 Å². The van der Waals surface area contributed by atoms with Gasteiger partial charge in [0.1, 0.15) is 0 Å². The molecule has 6 nitrogen and oxygen atoms in total. The van der Waals surface area contributed by atoms with Crippen LogP contribution in [0.15, 0.2) is 0 Å². The van der Waals surface area contributed by atoms with Crippen molar-refractivity contribution in [2.24, 2.45) is 11.5 Å². The number of rotatable bonds is 6. The third-order valence-corrected chi connectivity index (χ3v) is 5.50. The Morgan fingerprint density at radius 1 is 1.41 bits per heavy atom. The topological polar surface area (TPSA) is 106 Å². The molecule has 1 atom stereocenters. The molecule has 1 rings (SSSR count). The van der Waals surface area contributed by atoms with Crippen molar-refractivity contribution in [3.63, 3.8) is 0 Å². The predicted octanol–water partition coefficient (Wildman–Crippen LogP) is -0.607. The number of carbonyl (C=O) groups excluding carboxylic acids is 1. The van der Waals surface area contributed by atoms with Crippen molar-refractivity contribution in [1.82, 2.24) is 4.31 Å². The molecule has 0 radical (unpaired) electrons. The van der Waals surface area contributed by atoms with Crippen LogP contribution in [0.3, 0.4) is 0 Å². The van der Waals surface area contributed by atoms with Crippen molar-refractivity contribution >= 4 is 15.9 Å². The van der Waals surface area contributed by atoms with Gasteiger partial charge in [-0.05, 0) is 19.8 Å². The minimum atomic E-state index is -3.52. The van der Waals surface area contributed by atoms with Gasteiger partial charge in [-0.25, -0.2) is 8.42 Å². The van der Waals surface area contributed by atoms with Gasteiger partial charge in [0.2, 0.25) is 15.9 Å². The first-order chi connectivity index (χ1) is 7.89. The molecule has 0 aromatic heterocycles. The van der Waals surface area contributed by atoms with Crippen LogP contribution in [0.1, 0.15) is 32.6 Å². The van der Waals surface area contributed by atoms with E-state index in [1.807, 2.05) is 0 Å². The van der Waals surface area contributed by atoms with Crippen LogP contribution < -0.4 is 11.5 Å². The van der Waals surface area contributed by atoms with E-state index in [-0.39, 0.29) is 19.1 Å². The van der Waals surface area contributed by atoms with Crippen LogP contribution >= 0.6 is 0 Å². The number of amides is 1. The normalized spacial score (nSPS) is 19.7. The lowest BCUT2D eigenvalue weighted by molar-refractivity contribution is -0.118. The Balaban J connectivity index is 2.92. The molecule has 0 heterocycles. The summed E-state index contributed by atoms with van der Waals surface area (Å²) in [6, 6.07) is -0.0958. The fourth-order valence-electron chi connectivity index (χ4n) is 2.13. The van der Waals surface area contributed by atoms with Crippen molar-refractivity contribution in [2.45, 2.75) is 43.9 Å². The van der Waals surface area contributed by atoms with E-state index < -0.39 is 21.2 Å². The highest BCUT2D eigenvalue weighted by atomic mass is 32.2. The van der Waals surface area contributed by atoms with Crippen molar-refractivity contribution in [3.8, 4) is 0 Å². The van der Waals surface area contributed by atoms with Crippen molar-refractivity contribution in [1.29, 1.82) is 0 Å². The minimum absolute atomic E-state index is 0.0459. The smallest absolute Gasteiger partial charge is 0.232 e. The molecule has 0 aromatic rings. The van der Waals surface area contributed by atoms with Crippen LogP contribution in [-0.4, -0.2) is 43.0 Å². The zero-order valence-electron chi connectivity index (χ0n) is 10.1. The van der Waals surface area contributed by atoms with Crippen LogP contribution in [-0.2, 0) is 14.8 Å². The summed E-state index contributed by atoms with van der Waals surface area (Å²) in [5.74, 6) is -0.621. The van der Waals surface area contributed by atoms with Gasteiger partial charge in [0, 0.05) is 12.6 Å². The Morgan fingerprint density at radius 2 is 1.94 bits per heavy atom. The monoisotopic (exact) mass is 263 g/mol. The second-order valence-corrected chi connectivity index (χ2v) is 6.84. The summed E-state index contributed by atoms with van der Waals surface area (Å²) in [6.45, 7) is 1.36. The first kappa shape index (κ1) is 14.4. The highest BCUT2D eigenvalue weighted by molar-refractivity contribution is 7.89. The van der Waals surface area contributed by atoms with Gasteiger partial charge >= 0.3 is 0 Å². The Labute approximate surface area is 102 Å². The van der Waals surface area contributed by atoms with Gasteiger partial charge in [0.05, 0.1) is 11.8 Å². The molecular weight excluding hydrogens is 242 g/mol. The Bertz CT molecular complexity index is 363. The average molecular weight is 263 g/mol. The van der Waals surface area contributed by atoms with E-state index in [0.717, 1.165) is 25.7 Å². The van der Waals surface area contributed by atoms with Crippen LogP contribution in [0.5, 0.6) is 0 Å². The molecule has 1 aliphatic carbocycles. The van der Waals surface area contributed by atoms with Crippen LogP contribution in [0.4, 0.5) is 0 Å². The second-order valence-electron chi connectivity index (χ2n) is 4.54. The predicted molar refractivity (Wildman–Crippen MR) is 65.6 cm³/mol. The molecule has 1 saturated carbocycles. The van der Waals surface area contributed by atoms with E-state index in [9.17, 15) is 13.2 Å². The summed E-state index contributed by atoms with van der Waals surface area (Å²) in [5.41, 5.74) is 10.5. The maximum absolute atomic E-state index is 12.2. The van der Waals surface area contributed by atoms with E-state index in [0.29, 0.717) is 0 Å². The van der Waals surface area contributed by atoms with E-state index in [2.05, 4.69) is 0 Å². The van der Waals surface area contributed by atoms with Gasteiger partial charge in [-0.1, -0.05) is 12.8 Å². The molecule has 4 N–H and O–H groups in total. The van der Waals surface area contributed by atoms with Crippen molar-refractivity contribution < 1.29 is 13.2 Å². The maximum atomic E-state index is 12.2. The highest BCUT2D eigenvalue weighted by Crippen LogP contribution is 2.26. The van der Waals surface area contributed by atoms with Crippen LogP contribution in [0, 0.1) is 0 Å². The van der Waals surface area contributed by atoms with Crippen LogP contribution in [0.25, 0.3) is 0 Å². The zero-order chi connectivity index (χ0) is 13.1. The molecule has 1 aliphatic rings. The van der Waals surface area contributed by atoms with Crippen molar-refractivity contribution in [2.75, 3.05) is 13.1 Å². The van der Waals surface area contributed by atoms with Gasteiger partial charge in [-0.15, -0.1) is 0 Å². The van der Waals surface area contributed by atoms with Gasteiger partial charge in [-0.3, -0.25) is 4.79 Å². The number of sulfonamides is 1. The number of primary amides is 1. The number of nitrogens with zero attached hydrogens (tertiary/aromatic N) is 1. The standard InChI is InChI=1S/C10H21N3O3S/c1-8(6-11)17(15,16)13(7-10(12)14)9-4-2-3-5-9/h8-9H,2-7,11H2,1H3,(H2,12,14). The van der Waals surface area contributed by atoms with Gasteiger partial charge in [-0.2, -0.15) is 4.31 Å². The third kappa shape index (κ3) is 3.40. The van der Waals surface area contributed by atoms with Gasteiger partial charge < -0.3 is 11.5 Å². The van der Waals surface area contributed by atoms with E-state index in [1.54, 1.807) is 6.92 Å². The van der Waals surface area contributed by atoms with E-state index in [4.69, 9.17) is 11.5 Å². The SMILES string of the molecule is CC(CN)S(=O)(=O)N(CC(N)=O)C1CCCC1. The number of nitrogens with two attached hydrogens (primary N) is 2. The Morgan fingerprint density at radius 3 is 2.35 bits per heavy atom. The summed E-state index contributed by atoms with van der Waals surface area (Å²) in [7, 11) is -3.52. The van der Waals surface area contributed by atoms with E-state index >= 15 is 0 Å².